The average molecular weight is 461 g/mol. The highest BCUT2D eigenvalue weighted by Crippen LogP contribution is 2.34. The van der Waals surface area contributed by atoms with E-state index < -0.39 is 5.60 Å². The molecule has 7 heteroatoms. The summed E-state index contributed by atoms with van der Waals surface area (Å²) in [5.41, 5.74) is 0.135. The molecule has 0 bridgehead atoms. The number of hydrogen-bond donors (Lipinski definition) is 2. The van der Waals surface area contributed by atoms with E-state index in [4.69, 9.17) is 9.68 Å². The molecule has 1 aliphatic carbocycles. The number of nitrogens with zero attached hydrogens (tertiary/aromatic N) is 3. The zero-order valence-electron chi connectivity index (χ0n) is 17.0. The van der Waals surface area contributed by atoms with Gasteiger partial charge in [-0.05, 0) is 80.3 Å². The van der Waals surface area contributed by atoms with E-state index in [1.807, 2.05) is 13.0 Å². The number of anilines is 1. The monoisotopic (exact) mass is 460 g/mol. The molecule has 2 aliphatic rings. The highest BCUT2D eigenvalue weighted by molar-refractivity contribution is 9.10. The van der Waals surface area contributed by atoms with Gasteiger partial charge in [-0.2, -0.15) is 5.26 Å². The van der Waals surface area contributed by atoms with E-state index in [1.54, 1.807) is 12.3 Å². The Hall–Kier alpha value is -1.62. The lowest BCUT2D eigenvalue weighted by molar-refractivity contribution is 0.0414. The average Bonchev–Trinajstić information content (AvgIpc) is 3.06. The van der Waals surface area contributed by atoms with Crippen LogP contribution in [-0.2, 0) is 0 Å². The molecule has 29 heavy (non-hydrogen) atoms. The summed E-state index contributed by atoms with van der Waals surface area (Å²) >= 11 is 3.61. The Morgan fingerprint density at radius 2 is 2.14 bits per heavy atom. The molecule has 4 rings (SSSR count). The maximum absolute atomic E-state index is 10.3. The second-order valence-corrected chi connectivity index (χ2v) is 9.66. The van der Waals surface area contributed by atoms with Crippen molar-refractivity contribution in [1.82, 2.24) is 9.88 Å². The molecule has 0 amide bonds. The van der Waals surface area contributed by atoms with Crippen molar-refractivity contribution in [1.29, 1.82) is 5.26 Å². The Morgan fingerprint density at radius 3 is 2.90 bits per heavy atom. The van der Waals surface area contributed by atoms with E-state index in [1.165, 1.54) is 25.7 Å². The predicted octanol–water partition coefficient (Wildman–Crippen LogP) is 4.67. The van der Waals surface area contributed by atoms with Crippen LogP contribution in [0.15, 0.2) is 21.2 Å². The third kappa shape index (κ3) is 4.76. The molecular formula is C22H29BrN4O2. The van der Waals surface area contributed by atoms with Gasteiger partial charge in [-0.1, -0.05) is 0 Å². The first-order valence-electron chi connectivity index (χ1n) is 10.6. The van der Waals surface area contributed by atoms with Crippen molar-refractivity contribution in [3.05, 3.63) is 22.5 Å². The maximum atomic E-state index is 10.3. The second kappa shape index (κ2) is 8.63. The summed E-state index contributed by atoms with van der Waals surface area (Å²) in [6.45, 7) is 5.03. The van der Waals surface area contributed by atoms with Gasteiger partial charge in [0.1, 0.15) is 11.9 Å². The Balaban J connectivity index is 1.30. The van der Waals surface area contributed by atoms with Crippen molar-refractivity contribution in [3.8, 4) is 6.07 Å². The van der Waals surface area contributed by atoms with Crippen LogP contribution < -0.4 is 5.32 Å². The van der Waals surface area contributed by atoms with Crippen LogP contribution in [0.5, 0.6) is 0 Å². The Kier molecular flexibility index (Phi) is 6.14. The normalized spacial score (nSPS) is 28.8. The van der Waals surface area contributed by atoms with E-state index in [9.17, 15) is 5.11 Å². The van der Waals surface area contributed by atoms with Crippen LogP contribution in [0, 0.1) is 17.2 Å². The first-order valence-corrected chi connectivity index (χ1v) is 11.4. The highest BCUT2D eigenvalue weighted by Gasteiger charge is 2.30. The number of fused-ring (bicyclic) bond motifs is 1. The quantitative estimate of drug-likeness (QED) is 0.689. The van der Waals surface area contributed by atoms with E-state index in [-0.39, 0.29) is 0 Å². The van der Waals surface area contributed by atoms with Crippen molar-refractivity contribution >= 4 is 32.7 Å². The minimum atomic E-state index is -0.486. The summed E-state index contributed by atoms with van der Waals surface area (Å²) < 4.78 is 6.29. The van der Waals surface area contributed by atoms with E-state index in [2.05, 4.69) is 31.1 Å². The molecule has 1 saturated heterocycles. The predicted molar refractivity (Wildman–Crippen MR) is 117 cm³/mol. The zero-order valence-corrected chi connectivity index (χ0v) is 18.5. The number of nitrogens with one attached hydrogen (secondary N) is 1. The molecule has 0 aromatic carbocycles. The lowest BCUT2D eigenvalue weighted by Crippen LogP contribution is -2.40. The number of nitriles is 1. The minimum Gasteiger partial charge on any atom is -0.444 e. The van der Waals surface area contributed by atoms with Gasteiger partial charge in [-0.25, -0.2) is 4.98 Å². The van der Waals surface area contributed by atoms with Crippen LogP contribution in [0.4, 0.5) is 5.82 Å². The Bertz CT molecular complexity index is 896. The van der Waals surface area contributed by atoms with Crippen LogP contribution in [0.3, 0.4) is 0 Å². The number of rotatable bonds is 4. The number of aliphatic hydroxyl groups is 1. The largest absolute Gasteiger partial charge is 0.444 e. The van der Waals surface area contributed by atoms with Crippen LogP contribution in [0.25, 0.3) is 11.0 Å². The van der Waals surface area contributed by atoms with Gasteiger partial charge in [0.15, 0.2) is 5.58 Å². The molecule has 0 radical (unpaired) electrons. The first kappa shape index (κ1) is 20.6. The molecule has 156 valence electrons. The molecule has 1 unspecified atom stereocenters. The third-order valence-electron chi connectivity index (χ3n) is 6.62. The van der Waals surface area contributed by atoms with Crippen LogP contribution in [0.2, 0.25) is 0 Å². The summed E-state index contributed by atoms with van der Waals surface area (Å²) in [5, 5.41) is 23.7. The van der Waals surface area contributed by atoms with Gasteiger partial charge in [-0.3, -0.25) is 0 Å². The van der Waals surface area contributed by atoms with Crippen molar-refractivity contribution in [3.63, 3.8) is 0 Å². The second-order valence-electron chi connectivity index (χ2n) is 8.86. The summed E-state index contributed by atoms with van der Waals surface area (Å²) in [7, 11) is 0. The van der Waals surface area contributed by atoms with Gasteiger partial charge in [0.2, 0.25) is 5.76 Å². The third-order valence-corrected chi connectivity index (χ3v) is 7.42. The smallest absolute Gasteiger partial charge is 0.204 e. The minimum absolute atomic E-state index is 0.299. The Labute approximate surface area is 180 Å². The van der Waals surface area contributed by atoms with Crippen LogP contribution in [-0.4, -0.2) is 46.3 Å². The van der Waals surface area contributed by atoms with Crippen LogP contribution in [0.1, 0.15) is 57.6 Å². The number of hydrogen-bond acceptors (Lipinski definition) is 6. The number of pyridine rings is 1. The summed E-state index contributed by atoms with van der Waals surface area (Å²) in [4.78, 5) is 7.07. The molecule has 3 heterocycles. The van der Waals surface area contributed by atoms with Crippen LogP contribution >= 0.6 is 15.9 Å². The van der Waals surface area contributed by atoms with Crippen molar-refractivity contribution < 1.29 is 9.52 Å². The van der Waals surface area contributed by atoms with Gasteiger partial charge in [0, 0.05) is 30.6 Å². The van der Waals surface area contributed by atoms with Gasteiger partial charge in [-0.15, -0.1) is 0 Å². The lowest BCUT2D eigenvalue weighted by atomic mass is 9.85. The maximum Gasteiger partial charge on any atom is 0.204 e. The Morgan fingerprint density at radius 1 is 1.34 bits per heavy atom. The van der Waals surface area contributed by atoms with Gasteiger partial charge < -0.3 is 19.7 Å². The molecule has 1 saturated carbocycles. The fourth-order valence-corrected chi connectivity index (χ4v) is 5.32. The van der Waals surface area contributed by atoms with E-state index >= 15 is 0 Å². The molecular weight excluding hydrogens is 432 g/mol. The summed E-state index contributed by atoms with van der Waals surface area (Å²) in [5.74, 6) is 1.75. The SMILES string of the molecule is CC1(O)CCCN(C2CCC(CNc3ncc4oc(C#N)cc4c3Br)CC2)CC1. The first-order chi connectivity index (χ1) is 13.9. The van der Waals surface area contributed by atoms with E-state index in [0.717, 1.165) is 54.6 Å². The molecule has 6 nitrogen and oxygen atoms in total. The van der Waals surface area contributed by atoms with Gasteiger partial charge >= 0.3 is 0 Å². The van der Waals surface area contributed by atoms with Crippen molar-refractivity contribution in [2.24, 2.45) is 5.92 Å². The number of aromatic nitrogens is 1. The summed E-state index contributed by atoms with van der Waals surface area (Å²) in [6, 6.07) is 4.44. The molecule has 2 N–H and O–H groups in total. The summed E-state index contributed by atoms with van der Waals surface area (Å²) in [6.07, 6.45) is 9.47. The van der Waals surface area contributed by atoms with E-state index in [0.29, 0.717) is 23.3 Å². The van der Waals surface area contributed by atoms with Gasteiger partial charge in [0.25, 0.3) is 0 Å². The zero-order chi connectivity index (χ0) is 20.4. The fraction of sp³-hybridized carbons (Fsp3) is 0.636. The van der Waals surface area contributed by atoms with Crippen molar-refractivity contribution in [2.75, 3.05) is 25.0 Å². The fourth-order valence-electron chi connectivity index (χ4n) is 4.76. The number of furan rings is 1. The standard InChI is InChI=1S/C22H29BrN4O2/c1-22(28)7-2-9-27(10-8-22)16-5-3-15(4-6-16)13-25-21-20(23)18-11-17(12-24)29-19(18)14-26-21/h11,14-16,28H,2-10,13H2,1H3,(H,25,26). The van der Waals surface area contributed by atoms with Gasteiger partial charge in [0.05, 0.1) is 16.3 Å². The molecule has 2 aromatic heterocycles. The van der Waals surface area contributed by atoms with Crippen molar-refractivity contribution in [2.45, 2.75) is 63.5 Å². The topological polar surface area (TPSA) is 85.3 Å². The molecule has 1 atom stereocenters. The molecule has 1 aliphatic heterocycles. The molecule has 0 spiro atoms. The highest BCUT2D eigenvalue weighted by atomic mass is 79.9. The molecule has 2 aromatic rings. The number of likely N-dealkylation sites (tertiary alicyclic amines) is 1. The lowest BCUT2D eigenvalue weighted by Gasteiger charge is -2.36. The molecule has 2 fully saturated rings. The number of halogens is 1.